The average molecular weight is 277 g/mol. The lowest BCUT2D eigenvalue weighted by Gasteiger charge is -2.17. The second-order valence-corrected chi connectivity index (χ2v) is 4.11. The van der Waals surface area contributed by atoms with E-state index < -0.39 is 11.7 Å². The molecule has 1 aromatic carbocycles. The summed E-state index contributed by atoms with van der Waals surface area (Å²) in [5.41, 5.74) is 4.65. The van der Waals surface area contributed by atoms with Gasteiger partial charge in [-0.15, -0.1) is 0 Å². The number of hydrogen-bond donors (Lipinski definition) is 1. The van der Waals surface area contributed by atoms with Gasteiger partial charge in [-0.1, -0.05) is 0 Å². The van der Waals surface area contributed by atoms with Crippen molar-refractivity contribution < 1.29 is 22.6 Å². The number of ether oxygens (including phenoxy) is 2. The zero-order valence-electron chi connectivity index (χ0n) is 11.0. The highest BCUT2D eigenvalue weighted by Gasteiger charge is 2.33. The second-order valence-electron chi connectivity index (χ2n) is 4.11. The molecule has 0 aromatic heterocycles. The third-order valence-corrected chi connectivity index (χ3v) is 2.50. The van der Waals surface area contributed by atoms with Crippen LogP contribution in [0.3, 0.4) is 0 Å². The quantitative estimate of drug-likeness (QED) is 0.869. The van der Waals surface area contributed by atoms with E-state index in [0.29, 0.717) is 19.0 Å². The monoisotopic (exact) mass is 277 g/mol. The molecule has 3 nitrogen and oxygen atoms in total. The summed E-state index contributed by atoms with van der Waals surface area (Å²) in [7, 11) is 0. The Balaban J connectivity index is 2.82. The molecule has 0 radical (unpaired) electrons. The molecule has 19 heavy (non-hydrogen) atoms. The van der Waals surface area contributed by atoms with E-state index in [-0.39, 0.29) is 18.2 Å². The van der Waals surface area contributed by atoms with Gasteiger partial charge in [-0.25, -0.2) is 0 Å². The standard InChI is InChI=1S/C13H18F3NO2/c1-3-18-8-9(2)19-11-4-5-12(13(14,15)16)10(6-11)7-17/h4-6,9H,3,7-8,17H2,1-2H3. The van der Waals surface area contributed by atoms with Gasteiger partial charge in [-0.05, 0) is 37.6 Å². The number of halogens is 3. The van der Waals surface area contributed by atoms with Crippen LogP contribution in [0.15, 0.2) is 18.2 Å². The van der Waals surface area contributed by atoms with Crippen molar-refractivity contribution in [3.8, 4) is 5.75 Å². The smallest absolute Gasteiger partial charge is 0.416 e. The zero-order chi connectivity index (χ0) is 14.5. The first kappa shape index (κ1) is 15.8. The van der Waals surface area contributed by atoms with Gasteiger partial charge in [-0.3, -0.25) is 0 Å². The number of hydrogen-bond acceptors (Lipinski definition) is 3. The molecule has 1 atom stereocenters. The molecule has 0 saturated heterocycles. The Bertz CT molecular complexity index is 407. The van der Waals surface area contributed by atoms with Gasteiger partial charge in [0.25, 0.3) is 0 Å². The molecule has 0 aliphatic carbocycles. The number of rotatable bonds is 6. The van der Waals surface area contributed by atoms with E-state index in [9.17, 15) is 13.2 Å². The molecule has 0 heterocycles. The average Bonchev–Trinajstić information content (AvgIpc) is 2.34. The lowest BCUT2D eigenvalue weighted by atomic mass is 10.1. The summed E-state index contributed by atoms with van der Waals surface area (Å²) in [6.07, 6.45) is -4.63. The van der Waals surface area contributed by atoms with Crippen LogP contribution in [0.1, 0.15) is 25.0 Å². The molecule has 0 bridgehead atoms. The third-order valence-electron chi connectivity index (χ3n) is 2.50. The van der Waals surface area contributed by atoms with Crippen LogP contribution in [0.2, 0.25) is 0 Å². The maximum Gasteiger partial charge on any atom is 0.416 e. The molecule has 1 unspecified atom stereocenters. The zero-order valence-corrected chi connectivity index (χ0v) is 11.0. The molecule has 6 heteroatoms. The van der Waals surface area contributed by atoms with E-state index in [1.54, 1.807) is 6.92 Å². The number of nitrogens with two attached hydrogens (primary N) is 1. The first-order valence-corrected chi connectivity index (χ1v) is 6.03. The van der Waals surface area contributed by atoms with Crippen LogP contribution in [0.4, 0.5) is 13.2 Å². The van der Waals surface area contributed by atoms with Crippen molar-refractivity contribution in [3.63, 3.8) is 0 Å². The number of alkyl halides is 3. The van der Waals surface area contributed by atoms with Crippen LogP contribution in [-0.2, 0) is 17.5 Å². The van der Waals surface area contributed by atoms with Crippen LogP contribution in [0.5, 0.6) is 5.75 Å². The fourth-order valence-corrected chi connectivity index (χ4v) is 1.64. The van der Waals surface area contributed by atoms with Crippen LogP contribution < -0.4 is 10.5 Å². The van der Waals surface area contributed by atoms with E-state index >= 15 is 0 Å². The summed E-state index contributed by atoms with van der Waals surface area (Å²) in [6, 6.07) is 3.61. The fraction of sp³-hybridized carbons (Fsp3) is 0.538. The summed E-state index contributed by atoms with van der Waals surface area (Å²) in [5.74, 6) is 0.362. The molecule has 2 N–H and O–H groups in total. The van der Waals surface area contributed by atoms with Gasteiger partial charge in [0.15, 0.2) is 0 Å². The largest absolute Gasteiger partial charge is 0.488 e. The normalized spacial score (nSPS) is 13.4. The molecule has 0 amide bonds. The fourth-order valence-electron chi connectivity index (χ4n) is 1.64. The summed E-state index contributed by atoms with van der Waals surface area (Å²) >= 11 is 0. The first-order chi connectivity index (χ1) is 8.88. The molecule has 0 aliphatic heterocycles. The molecule has 0 aliphatic rings. The first-order valence-electron chi connectivity index (χ1n) is 6.03. The van der Waals surface area contributed by atoms with Gasteiger partial charge in [-0.2, -0.15) is 13.2 Å². The highest BCUT2D eigenvalue weighted by Crippen LogP contribution is 2.33. The lowest BCUT2D eigenvalue weighted by molar-refractivity contribution is -0.138. The predicted octanol–water partition coefficient (Wildman–Crippen LogP) is 2.97. The topological polar surface area (TPSA) is 44.5 Å². The minimum Gasteiger partial charge on any atom is -0.488 e. The van der Waals surface area contributed by atoms with Gasteiger partial charge in [0, 0.05) is 13.2 Å². The van der Waals surface area contributed by atoms with E-state index in [2.05, 4.69) is 0 Å². The van der Waals surface area contributed by atoms with Gasteiger partial charge in [0.1, 0.15) is 11.9 Å². The molecule has 108 valence electrons. The molecule has 0 saturated carbocycles. The summed E-state index contributed by atoms with van der Waals surface area (Å²) in [5, 5.41) is 0. The summed E-state index contributed by atoms with van der Waals surface area (Å²) in [4.78, 5) is 0. The molecule has 0 fully saturated rings. The highest BCUT2D eigenvalue weighted by molar-refractivity contribution is 5.37. The van der Waals surface area contributed by atoms with E-state index in [0.717, 1.165) is 6.07 Å². The Morgan fingerprint density at radius 2 is 2.00 bits per heavy atom. The summed E-state index contributed by atoms with van der Waals surface area (Å²) in [6.45, 7) is 4.41. The van der Waals surface area contributed by atoms with Crippen LogP contribution in [0.25, 0.3) is 0 Å². The molecule has 0 spiro atoms. The van der Waals surface area contributed by atoms with Crippen LogP contribution >= 0.6 is 0 Å². The van der Waals surface area contributed by atoms with Crippen molar-refractivity contribution >= 4 is 0 Å². The van der Waals surface area contributed by atoms with Crippen LogP contribution in [-0.4, -0.2) is 19.3 Å². The van der Waals surface area contributed by atoms with Crippen molar-refractivity contribution in [2.75, 3.05) is 13.2 Å². The molecular formula is C13H18F3NO2. The second kappa shape index (κ2) is 6.77. The van der Waals surface area contributed by atoms with Gasteiger partial charge in [0.2, 0.25) is 0 Å². The molecule has 1 aromatic rings. The Kier molecular flexibility index (Phi) is 5.62. The lowest BCUT2D eigenvalue weighted by Crippen LogP contribution is -2.19. The van der Waals surface area contributed by atoms with Crippen molar-refractivity contribution in [2.24, 2.45) is 5.73 Å². The Hall–Kier alpha value is -1.27. The minimum absolute atomic E-state index is 0.0219. The van der Waals surface area contributed by atoms with Gasteiger partial charge in [0.05, 0.1) is 12.2 Å². The Morgan fingerprint density at radius 1 is 1.32 bits per heavy atom. The van der Waals surface area contributed by atoms with E-state index in [4.69, 9.17) is 15.2 Å². The maximum atomic E-state index is 12.7. The van der Waals surface area contributed by atoms with Crippen molar-refractivity contribution in [1.29, 1.82) is 0 Å². The van der Waals surface area contributed by atoms with E-state index in [1.165, 1.54) is 12.1 Å². The molecule has 1 rings (SSSR count). The highest BCUT2D eigenvalue weighted by atomic mass is 19.4. The summed E-state index contributed by atoms with van der Waals surface area (Å²) < 4.78 is 48.7. The van der Waals surface area contributed by atoms with E-state index in [1.807, 2.05) is 6.92 Å². The SMILES string of the molecule is CCOCC(C)Oc1ccc(C(F)(F)F)c(CN)c1. The van der Waals surface area contributed by atoms with Crippen molar-refractivity contribution in [2.45, 2.75) is 32.7 Å². The van der Waals surface area contributed by atoms with Crippen LogP contribution in [0, 0.1) is 0 Å². The molecular weight excluding hydrogens is 259 g/mol. The van der Waals surface area contributed by atoms with Gasteiger partial charge < -0.3 is 15.2 Å². The van der Waals surface area contributed by atoms with Crippen molar-refractivity contribution in [1.82, 2.24) is 0 Å². The minimum atomic E-state index is -4.40. The predicted molar refractivity (Wildman–Crippen MR) is 65.9 cm³/mol. The van der Waals surface area contributed by atoms with Gasteiger partial charge >= 0.3 is 6.18 Å². The Morgan fingerprint density at radius 3 is 2.53 bits per heavy atom. The number of benzene rings is 1. The Labute approximate surface area is 110 Å². The third kappa shape index (κ3) is 4.72. The van der Waals surface area contributed by atoms with Crippen molar-refractivity contribution in [3.05, 3.63) is 29.3 Å². The maximum absolute atomic E-state index is 12.7.